The summed E-state index contributed by atoms with van der Waals surface area (Å²) in [6, 6.07) is 0. The van der Waals surface area contributed by atoms with Crippen molar-refractivity contribution in [3.05, 3.63) is 0 Å². The summed E-state index contributed by atoms with van der Waals surface area (Å²) in [6.45, 7) is 12.7. The molecule has 0 spiro atoms. The highest BCUT2D eigenvalue weighted by molar-refractivity contribution is 5.76. The normalized spacial score (nSPS) is 41.7. The molecule has 0 N–H and O–H groups in total. The van der Waals surface area contributed by atoms with Crippen LogP contribution in [-0.2, 0) is 19.1 Å². The van der Waals surface area contributed by atoms with Crippen LogP contribution >= 0.6 is 0 Å². The standard InChI is InChI=1S/C28H44O4/c1-26(2,3)15-27(4,5)25(30)31-21-14-17-13-20(21)23-18-11-16(22(17)23)12-19(18)24(29)32-28(6)9-7-8-10-28/h16-23H,7-15H2,1-6H3. The third-order valence-corrected chi connectivity index (χ3v) is 9.85. The summed E-state index contributed by atoms with van der Waals surface area (Å²) in [7, 11) is 0. The Morgan fingerprint density at radius 2 is 1.50 bits per heavy atom. The third kappa shape index (κ3) is 3.82. The van der Waals surface area contributed by atoms with Gasteiger partial charge >= 0.3 is 11.9 Å². The number of hydrogen-bond donors (Lipinski definition) is 0. The van der Waals surface area contributed by atoms with Gasteiger partial charge in [-0.25, -0.2) is 0 Å². The quantitative estimate of drug-likeness (QED) is 0.376. The number of ether oxygens (including phenoxy) is 2. The number of rotatable bonds is 5. The first-order valence-electron chi connectivity index (χ1n) is 13.3. The molecule has 4 bridgehead atoms. The molecule has 8 unspecified atom stereocenters. The van der Waals surface area contributed by atoms with Gasteiger partial charge in [0, 0.05) is 0 Å². The minimum absolute atomic E-state index is 0.0326. The zero-order chi connectivity index (χ0) is 23.1. The van der Waals surface area contributed by atoms with Crippen molar-refractivity contribution in [2.24, 2.45) is 52.3 Å². The summed E-state index contributed by atoms with van der Waals surface area (Å²) in [4.78, 5) is 26.3. The van der Waals surface area contributed by atoms with Crippen molar-refractivity contribution < 1.29 is 19.1 Å². The molecule has 32 heavy (non-hydrogen) atoms. The van der Waals surface area contributed by atoms with Gasteiger partial charge in [0.1, 0.15) is 11.7 Å². The van der Waals surface area contributed by atoms with E-state index in [2.05, 4.69) is 27.7 Å². The van der Waals surface area contributed by atoms with Crippen molar-refractivity contribution >= 4 is 11.9 Å². The highest BCUT2D eigenvalue weighted by Gasteiger charge is 2.67. The van der Waals surface area contributed by atoms with Crippen LogP contribution < -0.4 is 0 Å². The molecule has 5 aliphatic carbocycles. The lowest BCUT2D eigenvalue weighted by Crippen LogP contribution is -2.44. The van der Waals surface area contributed by atoms with E-state index in [1.807, 2.05) is 13.8 Å². The Kier molecular flexibility index (Phi) is 5.30. The van der Waals surface area contributed by atoms with Crippen molar-refractivity contribution in [1.29, 1.82) is 0 Å². The van der Waals surface area contributed by atoms with Gasteiger partial charge in [0.2, 0.25) is 0 Å². The molecular weight excluding hydrogens is 400 g/mol. The fourth-order valence-electron chi connectivity index (χ4n) is 9.19. The summed E-state index contributed by atoms with van der Waals surface area (Å²) in [5, 5.41) is 0. The van der Waals surface area contributed by atoms with Crippen LogP contribution in [0, 0.1) is 52.3 Å². The molecule has 5 rings (SSSR count). The second kappa shape index (κ2) is 7.47. The van der Waals surface area contributed by atoms with E-state index >= 15 is 0 Å². The van der Waals surface area contributed by atoms with Crippen molar-refractivity contribution in [3.63, 3.8) is 0 Å². The van der Waals surface area contributed by atoms with E-state index in [9.17, 15) is 9.59 Å². The number of fused-ring (bicyclic) bond motifs is 9. The summed E-state index contributed by atoms with van der Waals surface area (Å²) >= 11 is 0. The molecule has 0 aromatic rings. The Balaban J connectivity index is 1.25. The number of esters is 2. The van der Waals surface area contributed by atoms with E-state index < -0.39 is 5.41 Å². The van der Waals surface area contributed by atoms with Crippen LogP contribution in [0.3, 0.4) is 0 Å². The molecule has 180 valence electrons. The average Bonchev–Trinajstić information content (AvgIpc) is 3.44. The van der Waals surface area contributed by atoms with E-state index in [0.717, 1.165) is 38.0 Å². The summed E-state index contributed by atoms with van der Waals surface area (Å²) in [5.74, 6) is 3.70. The van der Waals surface area contributed by atoms with Gasteiger partial charge in [0.25, 0.3) is 0 Å². The third-order valence-electron chi connectivity index (χ3n) is 9.85. The number of hydrogen-bond acceptors (Lipinski definition) is 4. The van der Waals surface area contributed by atoms with Crippen LogP contribution in [0.1, 0.15) is 99.3 Å². The molecule has 0 aliphatic heterocycles. The molecule has 5 aliphatic rings. The lowest BCUT2D eigenvalue weighted by atomic mass is 9.66. The lowest BCUT2D eigenvalue weighted by molar-refractivity contribution is -0.171. The first-order valence-corrected chi connectivity index (χ1v) is 13.3. The summed E-state index contributed by atoms with van der Waals surface area (Å²) in [6.07, 6.45) is 9.71. The molecular formula is C28H44O4. The lowest BCUT2D eigenvalue weighted by Gasteiger charge is -2.42. The topological polar surface area (TPSA) is 52.6 Å². The molecule has 0 heterocycles. The van der Waals surface area contributed by atoms with E-state index in [1.54, 1.807) is 0 Å². The van der Waals surface area contributed by atoms with Crippen molar-refractivity contribution in [3.8, 4) is 0 Å². The molecule has 8 atom stereocenters. The molecule has 4 heteroatoms. The highest BCUT2D eigenvalue weighted by atomic mass is 16.6. The van der Waals surface area contributed by atoms with Gasteiger partial charge in [-0.2, -0.15) is 0 Å². The number of carbonyl (C=O) groups excluding carboxylic acids is 2. The van der Waals surface area contributed by atoms with Crippen molar-refractivity contribution in [2.45, 2.75) is 111 Å². The fourth-order valence-corrected chi connectivity index (χ4v) is 9.19. The predicted octanol–water partition coefficient (Wildman–Crippen LogP) is 6.16. The molecule has 4 nitrogen and oxygen atoms in total. The van der Waals surface area contributed by atoms with Crippen molar-refractivity contribution in [1.82, 2.24) is 0 Å². The smallest absolute Gasteiger partial charge is 0.311 e. The Labute approximate surface area is 194 Å². The largest absolute Gasteiger partial charge is 0.462 e. The fraction of sp³-hybridized carbons (Fsp3) is 0.929. The van der Waals surface area contributed by atoms with Gasteiger partial charge < -0.3 is 9.47 Å². The van der Waals surface area contributed by atoms with Gasteiger partial charge in [-0.05, 0) is 119 Å². The second-order valence-corrected chi connectivity index (χ2v) is 14.2. The minimum Gasteiger partial charge on any atom is -0.462 e. The van der Waals surface area contributed by atoms with Gasteiger partial charge in [-0.1, -0.05) is 20.8 Å². The summed E-state index contributed by atoms with van der Waals surface area (Å²) < 4.78 is 12.4. The molecule has 0 saturated heterocycles. The van der Waals surface area contributed by atoms with Crippen LogP contribution in [0.4, 0.5) is 0 Å². The molecule has 0 aromatic carbocycles. The van der Waals surface area contributed by atoms with E-state index in [4.69, 9.17) is 9.47 Å². The van der Waals surface area contributed by atoms with Gasteiger partial charge in [0.15, 0.2) is 0 Å². The minimum atomic E-state index is -0.461. The van der Waals surface area contributed by atoms with Crippen LogP contribution in [0.5, 0.6) is 0 Å². The molecule has 0 amide bonds. The maximum Gasteiger partial charge on any atom is 0.311 e. The Morgan fingerprint density at radius 3 is 2.16 bits per heavy atom. The van der Waals surface area contributed by atoms with Crippen molar-refractivity contribution in [2.75, 3.05) is 0 Å². The summed E-state index contributed by atoms with van der Waals surface area (Å²) in [5.41, 5.74) is -0.600. The van der Waals surface area contributed by atoms with E-state index in [-0.39, 0.29) is 35.0 Å². The van der Waals surface area contributed by atoms with Crippen LogP contribution in [0.25, 0.3) is 0 Å². The molecule has 5 saturated carbocycles. The monoisotopic (exact) mass is 444 g/mol. The first kappa shape index (κ1) is 22.7. The maximum absolute atomic E-state index is 13.2. The maximum atomic E-state index is 13.2. The zero-order valence-corrected chi connectivity index (χ0v) is 21.1. The average molecular weight is 445 g/mol. The predicted molar refractivity (Wildman–Crippen MR) is 124 cm³/mol. The van der Waals surface area contributed by atoms with Crippen LogP contribution in [-0.4, -0.2) is 23.6 Å². The van der Waals surface area contributed by atoms with Crippen LogP contribution in [0.2, 0.25) is 0 Å². The Hall–Kier alpha value is -1.06. The Bertz CT molecular complexity index is 771. The highest BCUT2D eigenvalue weighted by Crippen LogP contribution is 2.69. The first-order chi connectivity index (χ1) is 14.9. The number of carbonyl (C=O) groups is 2. The van der Waals surface area contributed by atoms with Gasteiger partial charge in [-0.15, -0.1) is 0 Å². The molecule has 0 radical (unpaired) electrons. The SMILES string of the molecule is CC(C)(C)CC(C)(C)C(=O)OC1CC2CC1C1C3CC(CC3C(=O)OC3(C)CCCC3)C21. The van der Waals surface area contributed by atoms with E-state index in [1.165, 1.54) is 25.7 Å². The van der Waals surface area contributed by atoms with Gasteiger partial charge in [0.05, 0.1) is 11.3 Å². The Morgan fingerprint density at radius 1 is 0.875 bits per heavy atom. The molecule has 0 aromatic heterocycles. The second-order valence-electron chi connectivity index (χ2n) is 14.2. The zero-order valence-electron chi connectivity index (χ0n) is 21.1. The van der Waals surface area contributed by atoms with E-state index in [0.29, 0.717) is 29.6 Å². The van der Waals surface area contributed by atoms with Crippen LogP contribution in [0.15, 0.2) is 0 Å². The molecule has 5 fully saturated rings. The van der Waals surface area contributed by atoms with Gasteiger partial charge in [-0.3, -0.25) is 9.59 Å².